The average molecular weight is 187 g/mol. The highest BCUT2D eigenvalue weighted by atomic mass is 16.1. The van der Waals surface area contributed by atoms with Gasteiger partial charge >= 0.3 is 0 Å². The molecule has 0 heterocycles. The summed E-state index contributed by atoms with van der Waals surface area (Å²) in [5.74, 6) is -0.192. The fourth-order valence-electron chi connectivity index (χ4n) is 1.40. The lowest BCUT2D eigenvalue weighted by Crippen LogP contribution is -2.03. The van der Waals surface area contributed by atoms with Crippen LogP contribution in [0.2, 0.25) is 0 Å². The molecule has 70 valence electrons. The van der Waals surface area contributed by atoms with Gasteiger partial charge in [-0.2, -0.15) is 5.26 Å². The third-order valence-corrected chi connectivity index (χ3v) is 2.04. The Morgan fingerprint density at radius 3 is 2.57 bits per heavy atom. The molecule has 0 aromatic heterocycles. The van der Waals surface area contributed by atoms with E-state index >= 15 is 0 Å². The van der Waals surface area contributed by atoms with Crippen LogP contribution in [0.3, 0.4) is 0 Å². The summed E-state index contributed by atoms with van der Waals surface area (Å²) in [6.45, 7) is 3.13. The summed E-state index contributed by atoms with van der Waals surface area (Å²) in [5, 5.41) is 8.84. The second-order valence-corrected chi connectivity index (χ2v) is 3.01. The number of Topliss-reactive ketones (excluding diaryl/α,β-unsaturated/α-hetero) is 1. The molecule has 14 heavy (non-hydrogen) atoms. The zero-order valence-electron chi connectivity index (χ0n) is 8.00. The number of nitrogens with zero attached hydrogens (tertiary/aromatic N) is 1. The topological polar surface area (TPSA) is 57.9 Å². The van der Waals surface area contributed by atoms with Crippen molar-refractivity contribution in [1.82, 2.24) is 0 Å². The van der Waals surface area contributed by atoms with Crippen molar-refractivity contribution in [3.63, 3.8) is 0 Å². The van der Waals surface area contributed by atoms with Crippen molar-refractivity contribution in [2.24, 2.45) is 0 Å². The molecule has 3 heteroatoms. The molecule has 0 spiro atoms. The van der Waals surface area contributed by atoms with Gasteiger partial charge in [-0.25, -0.2) is 0 Å². The van der Waals surface area contributed by atoms with Gasteiger partial charge in [-0.1, -0.05) is 12.1 Å². The molecule has 0 radical (unpaired) electrons. The van der Waals surface area contributed by atoms with Crippen molar-refractivity contribution in [3.8, 4) is 6.07 Å². The van der Waals surface area contributed by atoms with Crippen LogP contribution in [-0.2, 0) is 0 Å². The summed E-state index contributed by atoms with van der Waals surface area (Å²) in [7, 11) is 0. The third kappa shape index (κ3) is 1.55. The Morgan fingerprint density at radius 2 is 2.14 bits per heavy atom. The molecule has 0 N–H and O–H groups in total. The largest absolute Gasteiger partial charge is 0.298 e. The van der Waals surface area contributed by atoms with E-state index in [2.05, 4.69) is 0 Å². The van der Waals surface area contributed by atoms with Crippen LogP contribution in [0.1, 0.15) is 38.8 Å². The Balaban J connectivity index is 3.61. The summed E-state index contributed by atoms with van der Waals surface area (Å²) in [5.41, 5.74) is 1.51. The van der Waals surface area contributed by atoms with E-state index in [9.17, 15) is 9.59 Å². The predicted molar refractivity (Wildman–Crippen MR) is 51.3 cm³/mol. The van der Waals surface area contributed by atoms with Crippen LogP contribution in [0.25, 0.3) is 0 Å². The molecule has 0 aliphatic carbocycles. The first kappa shape index (κ1) is 10.1. The van der Waals surface area contributed by atoms with Crippen LogP contribution >= 0.6 is 0 Å². The van der Waals surface area contributed by atoms with E-state index < -0.39 is 0 Å². The first-order valence-corrected chi connectivity index (χ1v) is 4.11. The van der Waals surface area contributed by atoms with E-state index in [1.807, 2.05) is 6.07 Å². The number of carbonyl (C=O) groups is 2. The molecule has 0 unspecified atom stereocenters. The average Bonchev–Trinajstić information content (AvgIpc) is 2.16. The van der Waals surface area contributed by atoms with Crippen LogP contribution < -0.4 is 0 Å². The van der Waals surface area contributed by atoms with E-state index in [1.165, 1.54) is 6.92 Å². The van der Waals surface area contributed by atoms with Gasteiger partial charge in [0, 0.05) is 11.1 Å². The molecule has 0 aliphatic rings. The van der Waals surface area contributed by atoms with Crippen LogP contribution in [0.15, 0.2) is 12.1 Å². The molecule has 0 fully saturated rings. The highest BCUT2D eigenvalue weighted by Crippen LogP contribution is 2.17. The van der Waals surface area contributed by atoms with Crippen LogP contribution in [-0.4, -0.2) is 12.1 Å². The van der Waals surface area contributed by atoms with E-state index in [0.717, 1.165) is 5.56 Å². The lowest BCUT2D eigenvalue weighted by atomic mass is 9.95. The Hall–Kier alpha value is -1.95. The van der Waals surface area contributed by atoms with Crippen molar-refractivity contribution in [2.45, 2.75) is 13.8 Å². The number of hydrogen-bond donors (Lipinski definition) is 0. The number of nitriles is 1. The summed E-state index contributed by atoms with van der Waals surface area (Å²) < 4.78 is 0. The second kappa shape index (κ2) is 3.84. The smallest absolute Gasteiger partial charge is 0.161 e. The number of carbonyl (C=O) groups excluding carboxylic acids is 2. The molecule has 1 aromatic carbocycles. The van der Waals surface area contributed by atoms with Gasteiger partial charge in [0.05, 0.1) is 5.56 Å². The van der Waals surface area contributed by atoms with Gasteiger partial charge in [-0.15, -0.1) is 0 Å². The van der Waals surface area contributed by atoms with Gasteiger partial charge in [0.1, 0.15) is 6.07 Å². The maximum absolute atomic E-state index is 11.2. The molecule has 0 atom stereocenters. The molecule has 0 amide bonds. The predicted octanol–water partition coefficient (Wildman–Crippen LogP) is 1.88. The maximum Gasteiger partial charge on any atom is 0.161 e. The normalized spacial score (nSPS) is 9.21. The third-order valence-electron chi connectivity index (χ3n) is 2.04. The minimum absolute atomic E-state index is 0.174. The first-order valence-electron chi connectivity index (χ1n) is 4.11. The second-order valence-electron chi connectivity index (χ2n) is 3.01. The lowest BCUT2D eigenvalue weighted by molar-refractivity contribution is 0.101. The highest BCUT2D eigenvalue weighted by Gasteiger charge is 2.13. The number of ketones is 1. The fraction of sp³-hybridized carbons (Fsp3) is 0.182. The minimum atomic E-state index is -0.192. The van der Waals surface area contributed by atoms with Crippen LogP contribution in [0.5, 0.6) is 0 Å². The molecular formula is C11H9NO2. The number of aldehydes is 1. The zero-order valence-corrected chi connectivity index (χ0v) is 8.00. The Labute approximate surface area is 82.0 Å². The molecule has 0 saturated carbocycles. The summed E-state index contributed by atoms with van der Waals surface area (Å²) in [4.78, 5) is 21.9. The van der Waals surface area contributed by atoms with Gasteiger partial charge in [-0.3, -0.25) is 9.59 Å². The number of aryl methyl sites for hydroxylation is 1. The molecule has 0 bridgehead atoms. The van der Waals surface area contributed by atoms with Crippen molar-refractivity contribution in [1.29, 1.82) is 5.26 Å². The number of hydrogen-bond acceptors (Lipinski definition) is 3. The van der Waals surface area contributed by atoms with Crippen LogP contribution in [0.4, 0.5) is 0 Å². The standard InChI is InChI=1S/C11H9NO2/c1-7-3-4-9(6-13)10(5-12)11(7)8(2)14/h3-4,6H,1-2H3. The Bertz CT molecular complexity index is 441. The lowest BCUT2D eigenvalue weighted by Gasteiger charge is -2.05. The van der Waals surface area contributed by atoms with E-state index in [1.54, 1.807) is 19.1 Å². The minimum Gasteiger partial charge on any atom is -0.298 e. The summed E-state index contributed by atoms with van der Waals surface area (Å²) in [6, 6.07) is 5.10. The SMILES string of the molecule is CC(=O)c1c(C)ccc(C=O)c1C#N. The quantitative estimate of drug-likeness (QED) is 0.524. The van der Waals surface area contributed by atoms with Crippen LogP contribution in [0, 0.1) is 18.3 Å². The molecule has 0 saturated heterocycles. The van der Waals surface area contributed by atoms with Gasteiger partial charge in [0.15, 0.2) is 12.1 Å². The van der Waals surface area contributed by atoms with Gasteiger partial charge < -0.3 is 0 Å². The fourth-order valence-corrected chi connectivity index (χ4v) is 1.40. The van der Waals surface area contributed by atoms with E-state index in [4.69, 9.17) is 5.26 Å². The summed E-state index contributed by atoms with van der Waals surface area (Å²) in [6.07, 6.45) is 0.588. The van der Waals surface area contributed by atoms with Crippen molar-refractivity contribution in [2.75, 3.05) is 0 Å². The monoisotopic (exact) mass is 187 g/mol. The molecule has 1 aromatic rings. The van der Waals surface area contributed by atoms with Crippen molar-refractivity contribution in [3.05, 3.63) is 34.4 Å². The molecule has 0 aliphatic heterocycles. The van der Waals surface area contributed by atoms with E-state index in [0.29, 0.717) is 11.8 Å². The van der Waals surface area contributed by atoms with Crippen molar-refractivity contribution >= 4 is 12.1 Å². The van der Waals surface area contributed by atoms with Gasteiger partial charge in [0.25, 0.3) is 0 Å². The number of rotatable bonds is 2. The first-order chi connectivity index (χ1) is 6.61. The van der Waals surface area contributed by atoms with Crippen molar-refractivity contribution < 1.29 is 9.59 Å². The highest BCUT2D eigenvalue weighted by molar-refractivity contribution is 6.00. The Kier molecular flexibility index (Phi) is 2.78. The maximum atomic E-state index is 11.2. The zero-order chi connectivity index (χ0) is 10.7. The Morgan fingerprint density at radius 1 is 1.50 bits per heavy atom. The van der Waals surface area contributed by atoms with E-state index in [-0.39, 0.29) is 16.9 Å². The van der Waals surface area contributed by atoms with Gasteiger partial charge in [0.2, 0.25) is 0 Å². The molecular weight excluding hydrogens is 178 g/mol. The molecule has 3 nitrogen and oxygen atoms in total. The van der Waals surface area contributed by atoms with Gasteiger partial charge in [-0.05, 0) is 19.4 Å². The summed E-state index contributed by atoms with van der Waals surface area (Å²) >= 11 is 0. The molecule has 1 rings (SSSR count). The number of benzene rings is 1.